The van der Waals surface area contributed by atoms with Crippen molar-refractivity contribution in [1.82, 2.24) is 5.16 Å². The average Bonchev–Trinajstić information content (AvgIpc) is 3.28. The largest absolute Gasteiger partial charge is 0.478 e. The lowest BCUT2D eigenvalue weighted by atomic mass is 10.0. The van der Waals surface area contributed by atoms with Gasteiger partial charge in [-0.05, 0) is 43.9 Å². The summed E-state index contributed by atoms with van der Waals surface area (Å²) in [6.45, 7) is 3.83. The van der Waals surface area contributed by atoms with Crippen molar-refractivity contribution < 1.29 is 14.1 Å². The number of aryl methyl sites for hydroxylation is 2. The number of rotatable bonds is 3. The van der Waals surface area contributed by atoms with E-state index in [-0.39, 0.29) is 12.0 Å². The summed E-state index contributed by atoms with van der Waals surface area (Å²) < 4.78 is 11.3. The molecule has 1 aromatic carbocycles. The van der Waals surface area contributed by atoms with E-state index in [1.165, 1.54) is 12.8 Å². The lowest BCUT2D eigenvalue weighted by Crippen LogP contribution is -2.44. The number of hydrogen-bond donors (Lipinski definition) is 0. The molecule has 2 aliphatic rings. The van der Waals surface area contributed by atoms with Gasteiger partial charge >= 0.3 is 0 Å². The first-order chi connectivity index (χ1) is 11.0. The fourth-order valence-electron chi connectivity index (χ4n) is 3.28. The number of amides is 1. The molecule has 0 N–H and O–H groups in total. The molecule has 0 unspecified atom stereocenters. The lowest BCUT2D eigenvalue weighted by molar-refractivity contribution is -0.126. The molecule has 1 aliphatic carbocycles. The maximum Gasteiger partial charge on any atom is 0.267 e. The van der Waals surface area contributed by atoms with Gasteiger partial charge in [-0.1, -0.05) is 24.1 Å². The van der Waals surface area contributed by atoms with Crippen molar-refractivity contribution in [2.75, 3.05) is 11.9 Å². The number of carbonyl (C=O) groups excluding carboxylic acids is 1. The molecule has 4 rings (SSSR count). The van der Waals surface area contributed by atoms with E-state index in [9.17, 15) is 4.79 Å². The number of carbonyl (C=O) groups is 1. The number of hydrogen-bond acceptors (Lipinski definition) is 4. The Labute approximate surface area is 135 Å². The second kappa shape index (κ2) is 5.11. The summed E-state index contributed by atoms with van der Waals surface area (Å²) in [5.74, 6) is 2.24. The van der Waals surface area contributed by atoms with E-state index >= 15 is 0 Å². The molecule has 2 heterocycles. The van der Waals surface area contributed by atoms with Crippen molar-refractivity contribution in [3.05, 3.63) is 29.7 Å². The molecule has 0 spiro atoms. The van der Waals surface area contributed by atoms with Gasteiger partial charge in [0.25, 0.3) is 5.91 Å². The number of anilines is 1. The van der Waals surface area contributed by atoms with E-state index < -0.39 is 0 Å². The van der Waals surface area contributed by atoms with Crippen LogP contribution in [0, 0.1) is 19.8 Å². The van der Waals surface area contributed by atoms with E-state index in [1.807, 2.05) is 39.1 Å². The highest BCUT2D eigenvalue weighted by Gasteiger charge is 2.37. The van der Waals surface area contributed by atoms with E-state index in [2.05, 4.69) is 5.16 Å². The van der Waals surface area contributed by atoms with Gasteiger partial charge < -0.3 is 14.2 Å². The fourth-order valence-corrected chi connectivity index (χ4v) is 3.28. The summed E-state index contributed by atoms with van der Waals surface area (Å²) >= 11 is 0. The fraction of sp³-hybridized carbons (Fsp3) is 0.444. The third kappa shape index (κ3) is 2.40. The van der Waals surface area contributed by atoms with Crippen LogP contribution in [0.15, 0.2) is 22.7 Å². The quantitative estimate of drug-likeness (QED) is 0.870. The van der Waals surface area contributed by atoms with E-state index in [4.69, 9.17) is 9.26 Å². The van der Waals surface area contributed by atoms with Gasteiger partial charge in [0.1, 0.15) is 11.5 Å². The Balaban J connectivity index is 1.72. The Bertz CT molecular complexity index is 757. The van der Waals surface area contributed by atoms with Crippen LogP contribution in [-0.4, -0.2) is 24.2 Å². The zero-order valence-electron chi connectivity index (χ0n) is 13.6. The monoisotopic (exact) mass is 312 g/mol. The summed E-state index contributed by atoms with van der Waals surface area (Å²) in [5.41, 5.74) is 3.68. The molecule has 120 valence electrons. The Morgan fingerprint density at radius 1 is 1.30 bits per heavy atom. The molecular formula is C18H20N2O3. The van der Waals surface area contributed by atoms with E-state index in [0.29, 0.717) is 5.92 Å². The number of fused-ring (bicyclic) bond motifs is 1. The minimum absolute atomic E-state index is 0.0505. The molecule has 2 aromatic rings. The van der Waals surface area contributed by atoms with Gasteiger partial charge in [0.2, 0.25) is 0 Å². The topological polar surface area (TPSA) is 55.6 Å². The van der Waals surface area contributed by atoms with Gasteiger partial charge in [0, 0.05) is 12.6 Å². The standard InChI is InChI=1S/C18H20N2O3/c1-10-17(11(2)23-19-10)13-6-7-14-15(9-13)22-16(8-12-4-5-12)18(21)20(14)3/h6-7,9,12,16H,4-5,8H2,1-3H3/t16-/m1/s1. The highest BCUT2D eigenvalue weighted by Crippen LogP contribution is 2.41. The summed E-state index contributed by atoms with van der Waals surface area (Å²) in [5, 5.41) is 4.01. The number of aromatic nitrogens is 1. The van der Waals surface area contributed by atoms with Gasteiger partial charge in [0.05, 0.1) is 11.4 Å². The molecule has 1 amide bonds. The molecule has 1 aromatic heterocycles. The molecule has 5 heteroatoms. The zero-order chi connectivity index (χ0) is 16.1. The van der Waals surface area contributed by atoms with Crippen LogP contribution in [0.4, 0.5) is 5.69 Å². The molecule has 23 heavy (non-hydrogen) atoms. The maximum atomic E-state index is 12.4. The highest BCUT2D eigenvalue weighted by atomic mass is 16.5. The van der Waals surface area contributed by atoms with Crippen LogP contribution in [0.3, 0.4) is 0 Å². The molecule has 0 saturated heterocycles. The predicted octanol–water partition coefficient (Wildman–Crippen LogP) is 3.48. The second-order valence-corrected chi connectivity index (χ2v) is 6.56. The van der Waals surface area contributed by atoms with Crippen LogP contribution in [0.2, 0.25) is 0 Å². The van der Waals surface area contributed by atoms with E-state index in [0.717, 1.165) is 40.4 Å². The molecule has 1 fully saturated rings. The molecule has 1 aliphatic heterocycles. The minimum Gasteiger partial charge on any atom is -0.478 e. The summed E-state index contributed by atoms with van der Waals surface area (Å²) in [6.07, 6.45) is 2.88. The Morgan fingerprint density at radius 2 is 2.09 bits per heavy atom. The predicted molar refractivity (Wildman–Crippen MR) is 86.6 cm³/mol. The Morgan fingerprint density at radius 3 is 2.74 bits per heavy atom. The van der Waals surface area contributed by atoms with Crippen LogP contribution < -0.4 is 9.64 Å². The number of likely N-dealkylation sites (N-methyl/N-ethyl adjacent to an activating group) is 1. The Hall–Kier alpha value is -2.30. The Kier molecular flexibility index (Phi) is 3.18. The first kappa shape index (κ1) is 14.3. The molecule has 1 atom stereocenters. The maximum absolute atomic E-state index is 12.4. The van der Waals surface area contributed by atoms with Crippen LogP contribution in [0.25, 0.3) is 11.1 Å². The minimum atomic E-state index is -0.361. The van der Waals surface area contributed by atoms with Crippen molar-refractivity contribution in [3.8, 4) is 16.9 Å². The van der Waals surface area contributed by atoms with Crippen LogP contribution >= 0.6 is 0 Å². The SMILES string of the molecule is Cc1noc(C)c1-c1ccc2c(c1)O[C@H](CC1CC1)C(=O)N2C. The lowest BCUT2D eigenvalue weighted by Gasteiger charge is -2.32. The van der Waals surface area contributed by atoms with Gasteiger partial charge in [-0.25, -0.2) is 0 Å². The van der Waals surface area contributed by atoms with Gasteiger partial charge in [-0.3, -0.25) is 4.79 Å². The number of nitrogens with zero attached hydrogens (tertiary/aromatic N) is 2. The van der Waals surface area contributed by atoms with Gasteiger partial charge in [0.15, 0.2) is 6.10 Å². The summed E-state index contributed by atoms with van der Waals surface area (Å²) in [7, 11) is 1.82. The van der Waals surface area contributed by atoms with Crippen LogP contribution in [0.1, 0.15) is 30.7 Å². The van der Waals surface area contributed by atoms with Gasteiger partial charge in [-0.15, -0.1) is 0 Å². The van der Waals surface area contributed by atoms with Crippen molar-refractivity contribution in [3.63, 3.8) is 0 Å². The van der Waals surface area contributed by atoms with Crippen LogP contribution in [0.5, 0.6) is 5.75 Å². The molecule has 5 nitrogen and oxygen atoms in total. The summed E-state index contributed by atoms with van der Waals surface area (Å²) in [6, 6.07) is 5.91. The number of benzene rings is 1. The molecular weight excluding hydrogens is 292 g/mol. The van der Waals surface area contributed by atoms with E-state index in [1.54, 1.807) is 4.90 Å². The third-order valence-corrected chi connectivity index (χ3v) is 4.76. The van der Waals surface area contributed by atoms with Gasteiger partial charge in [-0.2, -0.15) is 0 Å². The molecule has 1 saturated carbocycles. The molecule has 0 bridgehead atoms. The second-order valence-electron chi connectivity index (χ2n) is 6.56. The third-order valence-electron chi connectivity index (χ3n) is 4.76. The summed E-state index contributed by atoms with van der Waals surface area (Å²) in [4.78, 5) is 14.2. The average molecular weight is 312 g/mol. The molecule has 0 radical (unpaired) electrons. The zero-order valence-corrected chi connectivity index (χ0v) is 13.6. The van der Waals surface area contributed by atoms with Crippen molar-refractivity contribution in [1.29, 1.82) is 0 Å². The van der Waals surface area contributed by atoms with Crippen molar-refractivity contribution in [2.24, 2.45) is 5.92 Å². The van der Waals surface area contributed by atoms with Crippen molar-refractivity contribution >= 4 is 11.6 Å². The van der Waals surface area contributed by atoms with Crippen molar-refractivity contribution in [2.45, 2.75) is 39.2 Å². The first-order valence-corrected chi connectivity index (χ1v) is 8.06. The van der Waals surface area contributed by atoms with Crippen LogP contribution in [-0.2, 0) is 4.79 Å². The normalized spacial score (nSPS) is 20.4. The smallest absolute Gasteiger partial charge is 0.267 e. The first-order valence-electron chi connectivity index (χ1n) is 8.06. The highest BCUT2D eigenvalue weighted by molar-refractivity contribution is 6.00. The number of ether oxygens (including phenoxy) is 1.